The largest absolute Gasteiger partial charge is 0.495 e. The summed E-state index contributed by atoms with van der Waals surface area (Å²) in [6.45, 7) is 6.15. The number of fused-ring (bicyclic) bond motifs is 2. The summed E-state index contributed by atoms with van der Waals surface area (Å²) >= 11 is 0. The molecule has 5 heteroatoms. The van der Waals surface area contributed by atoms with E-state index in [4.69, 9.17) is 13.9 Å². The maximum atomic E-state index is 12.8. The molecule has 1 aliphatic rings. The average molecular weight is 315 g/mol. The van der Waals surface area contributed by atoms with Gasteiger partial charge >= 0.3 is 0 Å². The Morgan fingerprint density at radius 1 is 1.22 bits per heavy atom. The standard InChI is InChI=1S/C18H21NO4/c1-10(2)11(3)18(22-5)14(20)7-6-12-15(21-4)13-8-9-23-17(13)19-16(12)18/h6-11H,1-5H3. The number of hydrogen-bond acceptors (Lipinski definition) is 5. The lowest BCUT2D eigenvalue weighted by molar-refractivity contribution is -0.148. The lowest BCUT2D eigenvalue weighted by Gasteiger charge is -2.39. The van der Waals surface area contributed by atoms with Gasteiger partial charge in [0.1, 0.15) is 5.75 Å². The number of furan rings is 1. The predicted molar refractivity (Wildman–Crippen MR) is 87.3 cm³/mol. The summed E-state index contributed by atoms with van der Waals surface area (Å²) in [7, 11) is 3.16. The molecule has 2 atom stereocenters. The Balaban J connectivity index is 2.39. The summed E-state index contributed by atoms with van der Waals surface area (Å²) in [5.41, 5.74) is 0.649. The topological polar surface area (TPSA) is 61.6 Å². The smallest absolute Gasteiger partial charge is 0.229 e. The number of pyridine rings is 1. The molecule has 0 saturated carbocycles. The highest BCUT2D eigenvalue weighted by Gasteiger charge is 2.50. The van der Waals surface area contributed by atoms with E-state index in [9.17, 15) is 4.79 Å². The Labute approximate surface area is 135 Å². The van der Waals surface area contributed by atoms with Gasteiger partial charge < -0.3 is 13.9 Å². The zero-order valence-corrected chi connectivity index (χ0v) is 14.0. The lowest BCUT2D eigenvalue weighted by Crippen LogP contribution is -2.47. The van der Waals surface area contributed by atoms with E-state index >= 15 is 0 Å². The van der Waals surface area contributed by atoms with E-state index in [1.807, 2.05) is 13.0 Å². The van der Waals surface area contributed by atoms with Gasteiger partial charge in [0.25, 0.3) is 0 Å². The van der Waals surface area contributed by atoms with E-state index in [1.165, 1.54) is 0 Å². The van der Waals surface area contributed by atoms with Gasteiger partial charge in [0.05, 0.1) is 24.5 Å². The van der Waals surface area contributed by atoms with Crippen molar-refractivity contribution in [3.8, 4) is 5.75 Å². The average Bonchev–Trinajstić information content (AvgIpc) is 3.00. The lowest BCUT2D eigenvalue weighted by atomic mass is 9.72. The quantitative estimate of drug-likeness (QED) is 0.863. The maximum absolute atomic E-state index is 12.8. The molecule has 2 heterocycles. The van der Waals surface area contributed by atoms with Crippen LogP contribution in [0.3, 0.4) is 0 Å². The first-order valence-corrected chi connectivity index (χ1v) is 7.70. The number of aromatic nitrogens is 1. The fraction of sp³-hybridized carbons (Fsp3) is 0.444. The van der Waals surface area contributed by atoms with Crippen LogP contribution >= 0.6 is 0 Å². The highest BCUT2D eigenvalue weighted by Crippen LogP contribution is 2.46. The first kappa shape index (κ1) is 15.7. The second kappa shape index (κ2) is 5.49. The molecule has 0 N–H and O–H groups in total. The van der Waals surface area contributed by atoms with Crippen LogP contribution in [0, 0.1) is 11.8 Å². The molecule has 0 bridgehead atoms. The van der Waals surface area contributed by atoms with Crippen molar-refractivity contribution in [2.45, 2.75) is 26.4 Å². The fourth-order valence-corrected chi connectivity index (χ4v) is 3.32. The van der Waals surface area contributed by atoms with Crippen molar-refractivity contribution in [2.24, 2.45) is 11.8 Å². The predicted octanol–water partition coefficient (Wildman–Crippen LogP) is 3.57. The van der Waals surface area contributed by atoms with Crippen LogP contribution in [-0.2, 0) is 15.1 Å². The van der Waals surface area contributed by atoms with Crippen LogP contribution in [0.5, 0.6) is 5.75 Å². The Hall–Kier alpha value is -2.14. The molecular formula is C18H21NO4. The zero-order chi connectivity index (χ0) is 16.8. The van der Waals surface area contributed by atoms with Crippen molar-refractivity contribution in [1.29, 1.82) is 0 Å². The number of hydrogen-bond donors (Lipinski definition) is 0. The monoisotopic (exact) mass is 315 g/mol. The van der Waals surface area contributed by atoms with Gasteiger partial charge in [-0.3, -0.25) is 4.79 Å². The molecule has 3 rings (SSSR count). The van der Waals surface area contributed by atoms with Gasteiger partial charge in [0.15, 0.2) is 11.4 Å². The fourth-order valence-electron chi connectivity index (χ4n) is 3.32. The number of rotatable bonds is 4. The number of methoxy groups -OCH3 is 2. The molecule has 0 aliphatic heterocycles. The van der Waals surface area contributed by atoms with Gasteiger partial charge in [-0.05, 0) is 24.1 Å². The van der Waals surface area contributed by atoms with E-state index in [0.717, 1.165) is 10.9 Å². The van der Waals surface area contributed by atoms with Crippen molar-refractivity contribution in [2.75, 3.05) is 14.2 Å². The van der Waals surface area contributed by atoms with Crippen LogP contribution in [0.1, 0.15) is 32.0 Å². The Bertz CT molecular complexity index is 790. The van der Waals surface area contributed by atoms with Gasteiger partial charge in [0.2, 0.25) is 5.71 Å². The van der Waals surface area contributed by atoms with Gasteiger partial charge in [-0.2, -0.15) is 0 Å². The van der Waals surface area contributed by atoms with E-state index in [-0.39, 0.29) is 17.6 Å². The summed E-state index contributed by atoms with van der Waals surface area (Å²) in [6.07, 6.45) is 4.87. The molecule has 0 radical (unpaired) electrons. The second-order valence-corrected chi connectivity index (χ2v) is 6.22. The number of carbonyl (C=O) groups is 1. The highest BCUT2D eigenvalue weighted by molar-refractivity contribution is 6.06. The van der Waals surface area contributed by atoms with Crippen molar-refractivity contribution >= 4 is 23.0 Å². The first-order chi connectivity index (χ1) is 11.0. The summed E-state index contributed by atoms with van der Waals surface area (Å²) in [4.78, 5) is 17.4. The SMILES string of the molecule is COc1c2c(nc3occc13)C(OC)(C(C)C(C)C)C(=O)C=C2. The van der Waals surface area contributed by atoms with Gasteiger partial charge in [-0.15, -0.1) is 0 Å². The Kier molecular flexibility index (Phi) is 3.76. The maximum Gasteiger partial charge on any atom is 0.229 e. The molecular weight excluding hydrogens is 294 g/mol. The van der Waals surface area contributed by atoms with E-state index in [2.05, 4.69) is 18.8 Å². The normalized spacial score (nSPS) is 21.7. The van der Waals surface area contributed by atoms with Gasteiger partial charge in [-0.1, -0.05) is 20.8 Å². The minimum absolute atomic E-state index is 0.0617. The Morgan fingerprint density at radius 3 is 2.57 bits per heavy atom. The molecule has 5 nitrogen and oxygen atoms in total. The summed E-state index contributed by atoms with van der Waals surface area (Å²) in [5, 5.41) is 0.785. The molecule has 0 amide bonds. The summed E-state index contributed by atoms with van der Waals surface area (Å²) in [5.74, 6) is 0.723. The molecule has 0 aromatic carbocycles. The van der Waals surface area contributed by atoms with Crippen molar-refractivity contribution in [1.82, 2.24) is 4.98 Å². The molecule has 0 saturated heterocycles. The minimum atomic E-state index is -1.13. The highest BCUT2D eigenvalue weighted by atomic mass is 16.5. The number of ether oxygens (including phenoxy) is 2. The molecule has 2 aromatic heterocycles. The van der Waals surface area contributed by atoms with Crippen LogP contribution in [0.2, 0.25) is 0 Å². The summed E-state index contributed by atoms with van der Waals surface area (Å²) < 4.78 is 16.8. The first-order valence-electron chi connectivity index (χ1n) is 7.70. The van der Waals surface area contributed by atoms with Crippen LogP contribution < -0.4 is 4.74 Å². The molecule has 0 fully saturated rings. The molecule has 0 spiro atoms. The minimum Gasteiger partial charge on any atom is -0.495 e. The van der Waals surface area contributed by atoms with Crippen LogP contribution in [0.4, 0.5) is 0 Å². The molecule has 1 aliphatic carbocycles. The van der Waals surface area contributed by atoms with Crippen LogP contribution in [-0.4, -0.2) is 25.0 Å². The molecule has 122 valence electrons. The third kappa shape index (κ3) is 2.03. The van der Waals surface area contributed by atoms with Crippen molar-refractivity contribution < 1.29 is 18.7 Å². The molecule has 2 unspecified atom stereocenters. The van der Waals surface area contributed by atoms with E-state index < -0.39 is 5.60 Å². The number of nitrogens with zero attached hydrogens (tertiary/aromatic N) is 1. The van der Waals surface area contributed by atoms with Crippen LogP contribution in [0.25, 0.3) is 17.2 Å². The van der Waals surface area contributed by atoms with Crippen LogP contribution in [0.15, 0.2) is 22.8 Å². The number of carbonyl (C=O) groups excluding carboxylic acids is 1. The zero-order valence-electron chi connectivity index (χ0n) is 14.0. The van der Waals surface area contributed by atoms with E-state index in [0.29, 0.717) is 17.2 Å². The van der Waals surface area contributed by atoms with E-state index in [1.54, 1.807) is 32.6 Å². The summed E-state index contributed by atoms with van der Waals surface area (Å²) in [6, 6.07) is 1.81. The van der Waals surface area contributed by atoms with Crippen molar-refractivity contribution in [3.05, 3.63) is 29.7 Å². The second-order valence-electron chi connectivity index (χ2n) is 6.22. The van der Waals surface area contributed by atoms with Crippen molar-refractivity contribution in [3.63, 3.8) is 0 Å². The van der Waals surface area contributed by atoms with Gasteiger partial charge in [0, 0.05) is 18.6 Å². The Morgan fingerprint density at radius 2 is 1.96 bits per heavy atom. The molecule has 2 aromatic rings. The number of ketones is 1. The van der Waals surface area contributed by atoms with Gasteiger partial charge in [-0.25, -0.2) is 4.98 Å². The third-order valence-corrected chi connectivity index (χ3v) is 4.89. The third-order valence-electron chi connectivity index (χ3n) is 4.89. The molecule has 23 heavy (non-hydrogen) atoms.